The Labute approximate surface area is 170 Å². The van der Waals surface area contributed by atoms with E-state index in [1.54, 1.807) is 0 Å². The normalized spacial score (nSPS) is 19.3. The third kappa shape index (κ3) is 9.63. The van der Waals surface area contributed by atoms with E-state index in [1.807, 2.05) is 0 Å². The van der Waals surface area contributed by atoms with E-state index in [0.717, 1.165) is 38.4 Å². The van der Waals surface area contributed by atoms with Gasteiger partial charge >= 0.3 is 0 Å². The second-order valence-corrected chi connectivity index (χ2v) is 6.89. The Balaban J connectivity index is 0.00000312. The number of carbonyl (C=O) groups excluding carboxylic acids is 1. The van der Waals surface area contributed by atoms with Gasteiger partial charge in [-0.15, -0.1) is 24.0 Å². The molecule has 6 nitrogen and oxygen atoms in total. The summed E-state index contributed by atoms with van der Waals surface area (Å²) in [4.78, 5) is 19.1. The van der Waals surface area contributed by atoms with Crippen molar-refractivity contribution in [2.75, 3.05) is 39.3 Å². The minimum absolute atomic E-state index is 0. The zero-order chi connectivity index (χ0) is 17.0. The number of guanidine groups is 1. The third-order valence-electron chi connectivity index (χ3n) is 4.84. The first kappa shape index (κ1) is 22.5. The Bertz CT molecular complexity index is 393. The zero-order valence-corrected chi connectivity index (χ0v) is 18.0. The summed E-state index contributed by atoms with van der Waals surface area (Å²) in [5, 5.41) is 9.65. The lowest BCUT2D eigenvalue weighted by atomic mass is 10.1. The molecule has 1 saturated carbocycles. The van der Waals surface area contributed by atoms with Crippen LogP contribution in [0.2, 0.25) is 0 Å². The second kappa shape index (κ2) is 13.6. The molecule has 3 N–H and O–H groups in total. The molecular formula is C18H36IN5O. The van der Waals surface area contributed by atoms with Gasteiger partial charge in [0.2, 0.25) is 5.91 Å². The molecule has 0 bridgehead atoms. The predicted octanol–water partition coefficient (Wildman–Crippen LogP) is 2.09. The molecule has 1 amide bonds. The number of aliphatic imine (C=N–C) groups is 1. The summed E-state index contributed by atoms with van der Waals surface area (Å²) < 4.78 is 0. The second-order valence-electron chi connectivity index (χ2n) is 6.89. The van der Waals surface area contributed by atoms with E-state index in [2.05, 4.69) is 32.8 Å². The number of hydrogen-bond donors (Lipinski definition) is 3. The Morgan fingerprint density at radius 2 is 1.80 bits per heavy atom. The summed E-state index contributed by atoms with van der Waals surface area (Å²) in [7, 11) is 0. The van der Waals surface area contributed by atoms with Gasteiger partial charge in [0.15, 0.2) is 5.96 Å². The summed E-state index contributed by atoms with van der Waals surface area (Å²) in [6.45, 7) is 7.79. The smallest absolute Gasteiger partial charge is 0.221 e. The zero-order valence-electron chi connectivity index (χ0n) is 15.7. The maximum atomic E-state index is 11.9. The summed E-state index contributed by atoms with van der Waals surface area (Å²) in [5.41, 5.74) is 0. The number of amides is 1. The Kier molecular flexibility index (Phi) is 12.2. The van der Waals surface area contributed by atoms with Gasteiger partial charge in [-0.25, -0.2) is 0 Å². The molecule has 0 aromatic carbocycles. The molecular weight excluding hydrogens is 429 g/mol. The molecule has 1 heterocycles. The van der Waals surface area contributed by atoms with Crippen molar-refractivity contribution < 1.29 is 4.79 Å². The highest BCUT2D eigenvalue weighted by molar-refractivity contribution is 14.0. The first-order valence-corrected chi connectivity index (χ1v) is 9.82. The predicted molar refractivity (Wildman–Crippen MR) is 115 cm³/mol. The first-order valence-electron chi connectivity index (χ1n) is 9.82. The van der Waals surface area contributed by atoms with E-state index in [4.69, 9.17) is 0 Å². The highest BCUT2D eigenvalue weighted by atomic mass is 127. The molecule has 0 radical (unpaired) electrons. The van der Waals surface area contributed by atoms with Gasteiger partial charge in [-0.3, -0.25) is 9.79 Å². The van der Waals surface area contributed by atoms with Crippen LogP contribution in [0.1, 0.15) is 58.3 Å². The number of nitrogens with one attached hydrogen (secondary N) is 3. The van der Waals surface area contributed by atoms with Crippen molar-refractivity contribution in [3.63, 3.8) is 0 Å². The number of nitrogens with zero attached hydrogens (tertiary/aromatic N) is 2. The maximum Gasteiger partial charge on any atom is 0.221 e. The SMILES string of the molecule is CCNC(=NCCN1CCCCC1)NCCC(=O)NC1CCCC1.I. The number of piperidine rings is 1. The molecule has 7 heteroatoms. The van der Waals surface area contributed by atoms with E-state index < -0.39 is 0 Å². The monoisotopic (exact) mass is 465 g/mol. The lowest BCUT2D eigenvalue weighted by Crippen LogP contribution is -2.41. The molecule has 25 heavy (non-hydrogen) atoms. The fourth-order valence-corrected chi connectivity index (χ4v) is 3.49. The molecule has 0 unspecified atom stereocenters. The van der Waals surface area contributed by atoms with Gasteiger partial charge in [0.1, 0.15) is 0 Å². The van der Waals surface area contributed by atoms with Gasteiger partial charge in [-0.1, -0.05) is 19.3 Å². The van der Waals surface area contributed by atoms with Crippen LogP contribution in [0.25, 0.3) is 0 Å². The van der Waals surface area contributed by atoms with E-state index in [0.29, 0.717) is 19.0 Å². The van der Waals surface area contributed by atoms with Gasteiger partial charge in [0.25, 0.3) is 0 Å². The van der Waals surface area contributed by atoms with Crippen LogP contribution in [-0.4, -0.2) is 62.1 Å². The summed E-state index contributed by atoms with van der Waals surface area (Å²) in [5.74, 6) is 0.974. The fourth-order valence-electron chi connectivity index (χ4n) is 3.49. The number of likely N-dealkylation sites (tertiary alicyclic amines) is 1. The standard InChI is InChI=1S/C18H35N5O.HI/c1-2-19-18(21-12-15-23-13-6-3-7-14-23)20-11-10-17(24)22-16-8-4-5-9-16;/h16H,2-15H2,1H3,(H,22,24)(H2,19,20,21);1H. The summed E-state index contributed by atoms with van der Waals surface area (Å²) in [6, 6.07) is 0.406. The molecule has 0 aromatic heterocycles. The average molecular weight is 465 g/mol. The van der Waals surface area contributed by atoms with Crippen LogP contribution in [0, 0.1) is 0 Å². The largest absolute Gasteiger partial charge is 0.357 e. The van der Waals surface area contributed by atoms with Crippen LogP contribution in [-0.2, 0) is 4.79 Å². The van der Waals surface area contributed by atoms with Gasteiger partial charge in [-0.2, -0.15) is 0 Å². The van der Waals surface area contributed by atoms with Crippen LogP contribution < -0.4 is 16.0 Å². The van der Waals surface area contributed by atoms with E-state index in [-0.39, 0.29) is 29.9 Å². The number of hydrogen-bond acceptors (Lipinski definition) is 3. The quantitative estimate of drug-likeness (QED) is 0.292. The average Bonchev–Trinajstić information content (AvgIpc) is 3.09. The number of halogens is 1. The van der Waals surface area contributed by atoms with Crippen LogP contribution in [0.4, 0.5) is 0 Å². The molecule has 1 aliphatic heterocycles. The van der Waals surface area contributed by atoms with Crippen molar-refractivity contribution in [2.45, 2.75) is 64.3 Å². The summed E-state index contributed by atoms with van der Waals surface area (Å²) >= 11 is 0. The van der Waals surface area contributed by atoms with Crippen LogP contribution in [0.15, 0.2) is 4.99 Å². The minimum Gasteiger partial charge on any atom is -0.357 e. The van der Waals surface area contributed by atoms with Crippen molar-refractivity contribution in [3.8, 4) is 0 Å². The van der Waals surface area contributed by atoms with Crippen LogP contribution in [0.3, 0.4) is 0 Å². The van der Waals surface area contributed by atoms with Crippen molar-refractivity contribution in [1.82, 2.24) is 20.9 Å². The van der Waals surface area contributed by atoms with Crippen molar-refractivity contribution in [1.29, 1.82) is 0 Å². The number of rotatable bonds is 8. The lowest BCUT2D eigenvalue weighted by Gasteiger charge is -2.25. The van der Waals surface area contributed by atoms with Crippen LogP contribution >= 0.6 is 24.0 Å². The van der Waals surface area contributed by atoms with Crippen molar-refractivity contribution in [2.24, 2.45) is 4.99 Å². The Morgan fingerprint density at radius 1 is 1.08 bits per heavy atom. The number of carbonyl (C=O) groups is 1. The van der Waals surface area contributed by atoms with E-state index in [1.165, 1.54) is 45.2 Å². The minimum atomic E-state index is 0. The molecule has 2 rings (SSSR count). The van der Waals surface area contributed by atoms with Crippen LogP contribution in [0.5, 0.6) is 0 Å². The van der Waals surface area contributed by atoms with Crippen molar-refractivity contribution in [3.05, 3.63) is 0 Å². The maximum absolute atomic E-state index is 11.9. The van der Waals surface area contributed by atoms with Gasteiger partial charge in [0, 0.05) is 32.1 Å². The molecule has 0 atom stereocenters. The van der Waals surface area contributed by atoms with Crippen molar-refractivity contribution >= 4 is 35.8 Å². The molecule has 1 saturated heterocycles. The molecule has 2 aliphatic rings. The summed E-state index contributed by atoms with van der Waals surface area (Å²) in [6.07, 6.45) is 9.28. The van der Waals surface area contributed by atoms with Gasteiger partial charge in [-0.05, 0) is 45.7 Å². The molecule has 0 aromatic rings. The van der Waals surface area contributed by atoms with E-state index >= 15 is 0 Å². The molecule has 2 fully saturated rings. The highest BCUT2D eigenvalue weighted by Crippen LogP contribution is 2.17. The first-order chi connectivity index (χ1) is 11.8. The fraction of sp³-hybridized carbons (Fsp3) is 0.889. The third-order valence-corrected chi connectivity index (χ3v) is 4.84. The lowest BCUT2D eigenvalue weighted by molar-refractivity contribution is -0.121. The molecule has 0 spiro atoms. The Hall–Kier alpha value is -0.570. The molecule has 1 aliphatic carbocycles. The topological polar surface area (TPSA) is 68.8 Å². The highest BCUT2D eigenvalue weighted by Gasteiger charge is 2.16. The molecule has 146 valence electrons. The van der Waals surface area contributed by atoms with Gasteiger partial charge in [0.05, 0.1) is 6.54 Å². The van der Waals surface area contributed by atoms with Gasteiger partial charge < -0.3 is 20.9 Å². The Morgan fingerprint density at radius 3 is 2.48 bits per heavy atom. The van der Waals surface area contributed by atoms with E-state index in [9.17, 15) is 4.79 Å².